The van der Waals surface area contributed by atoms with Gasteiger partial charge in [-0.05, 0) is 11.5 Å². The van der Waals surface area contributed by atoms with Crippen LogP contribution in [0.3, 0.4) is 0 Å². The molecule has 17 heavy (non-hydrogen) atoms. The number of carboxylic acid groups (broad SMARTS) is 2. The largest absolute Gasteiger partial charge is 0.481 e. The third kappa shape index (κ3) is 5.51. The second-order valence-corrected chi connectivity index (χ2v) is 3.73. The molecule has 4 nitrogen and oxygen atoms in total. The van der Waals surface area contributed by atoms with E-state index in [4.69, 9.17) is 10.2 Å². The Hall–Kier alpha value is -2.10. The summed E-state index contributed by atoms with van der Waals surface area (Å²) in [6, 6.07) is 9.35. The number of allylic oxidation sites excluding steroid dienone is 1. The molecular formula is C13H14O4. The summed E-state index contributed by atoms with van der Waals surface area (Å²) in [4.78, 5) is 21.2. The fraction of sp³-hybridized carbons (Fsp3) is 0.231. The first-order valence-corrected chi connectivity index (χ1v) is 5.25. The summed E-state index contributed by atoms with van der Waals surface area (Å²) in [5.41, 5.74) is 0.924. The first kappa shape index (κ1) is 13.0. The van der Waals surface area contributed by atoms with Crippen molar-refractivity contribution >= 4 is 18.0 Å². The lowest BCUT2D eigenvalue weighted by Gasteiger charge is -2.06. The number of carboxylic acids is 2. The molecule has 4 heteroatoms. The molecule has 0 aliphatic heterocycles. The minimum Gasteiger partial charge on any atom is -0.481 e. The Bertz CT molecular complexity index is 393. The quantitative estimate of drug-likeness (QED) is 0.791. The zero-order valence-corrected chi connectivity index (χ0v) is 9.24. The van der Waals surface area contributed by atoms with E-state index in [2.05, 4.69) is 0 Å². The predicted octanol–water partition coefficient (Wildman–Crippen LogP) is 2.27. The Morgan fingerprint density at radius 1 is 1.06 bits per heavy atom. The molecule has 0 radical (unpaired) electrons. The number of aliphatic carboxylic acids is 2. The normalized spacial score (nSPS) is 10.9. The maximum atomic E-state index is 10.6. The van der Waals surface area contributed by atoms with E-state index < -0.39 is 17.9 Å². The molecule has 0 aliphatic carbocycles. The van der Waals surface area contributed by atoms with Crippen molar-refractivity contribution in [3.8, 4) is 0 Å². The minimum atomic E-state index is -0.992. The summed E-state index contributed by atoms with van der Waals surface area (Å²) in [7, 11) is 0. The first-order valence-electron chi connectivity index (χ1n) is 5.25. The van der Waals surface area contributed by atoms with Gasteiger partial charge >= 0.3 is 11.9 Å². The second-order valence-electron chi connectivity index (χ2n) is 3.73. The molecule has 0 atom stereocenters. The molecule has 0 amide bonds. The van der Waals surface area contributed by atoms with E-state index in [1.54, 1.807) is 12.2 Å². The van der Waals surface area contributed by atoms with Crippen molar-refractivity contribution in [2.75, 3.05) is 0 Å². The Morgan fingerprint density at radius 2 is 1.59 bits per heavy atom. The highest BCUT2D eigenvalue weighted by Gasteiger charge is 2.13. The van der Waals surface area contributed by atoms with Crippen LogP contribution in [-0.4, -0.2) is 22.2 Å². The van der Waals surface area contributed by atoms with Crippen LogP contribution in [0, 0.1) is 5.92 Å². The second kappa shape index (κ2) is 6.48. The molecule has 1 rings (SSSR count). The maximum absolute atomic E-state index is 10.6. The Balaban J connectivity index is 2.68. The van der Waals surface area contributed by atoms with E-state index in [-0.39, 0.29) is 12.8 Å². The Morgan fingerprint density at radius 3 is 2.06 bits per heavy atom. The molecular weight excluding hydrogens is 220 g/mol. The third-order valence-electron chi connectivity index (χ3n) is 2.23. The monoisotopic (exact) mass is 234 g/mol. The van der Waals surface area contributed by atoms with Crippen LogP contribution in [0.2, 0.25) is 0 Å². The lowest BCUT2D eigenvalue weighted by molar-refractivity contribution is -0.139. The van der Waals surface area contributed by atoms with Crippen LogP contribution in [0.1, 0.15) is 18.4 Å². The van der Waals surface area contributed by atoms with Gasteiger partial charge in [0, 0.05) is 0 Å². The van der Waals surface area contributed by atoms with Crippen molar-refractivity contribution in [1.29, 1.82) is 0 Å². The number of hydrogen-bond acceptors (Lipinski definition) is 2. The zero-order valence-electron chi connectivity index (χ0n) is 9.24. The highest BCUT2D eigenvalue weighted by Crippen LogP contribution is 2.13. The number of carbonyl (C=O) groups is 2. The van der Waals surface area contributed by atoms with E-state index in [0.717, 1.165) is 5.56 Å². The van der Waals surface area contributed by atoms with Crippen LogP contribution in [-0.2, 0) is 9.59 Å². The summed E-state index contributed by atoms with van der Waals surface area (Å²) in [5, 5.41) is 17.3. The predicted molar refractivity (Wildman–Crippen MR) is 63.5 cm³/mol. The van der Waals surface area contributed by atoms with Crippen molar-refractivity contribution in [3.63, 3.8) is 0 Å². The van der Waals surface area contributed by atoms with Gasteiger partial charge in [0.05, 0.1) is 12.8 Å². The number of benzene rings is 1. The van der Waals surface area contributed by atoms with Gasteiger partial charge in [0.1, 0.15) is 0 Å². The Labute approximate surface area is 99.2 Å². The van der Waals surface area contributed by atoms with E-state index in [0.29, 0.717) is 0 Å². The molecule has 0 heterocycles. The lowest BCUT2D eigenvalue weighted by Crippen LogP contribution is -2.10. The van der Waals surface area contributed by atoms with Gasteiger partial charge < -0.3 is 10.2 Å². The standard InChI is InChI=1S/C13H14O4/c14-12(15)8-11(9-13(16)17)7-6-10-4-2-1-3-5-10/h1-7,11H,8-9H2,(H,14,15)(H,16,17)/b7-6+. The van der Waals surface area contributed by atoms with Crippen LogP contribution in [0.5, 0.6) is 0 Å². The van der Waals surface area contributed by atoms with Gasteiger partial charge in [0.2, 0.25) is 0 Å². The summed E-state index contributed by atoms with van der Waals surface area (Å²) in [6.45, 7) is 0. The molecule has 1 aromatic rings. The van der Waals surface area contributed by atoms with E-state index in [1.807, 2.05) is 30.3 Å². The highest BCUT2D eigenvalue weighted by molar-refractivity contribution is 5.71. The van der Waals surface area contributed by atoms with Crippen LogP contribution in [0.15, 0.2) is 36.4 Å². The third-order valence-corrected chi connectivity index (χ3v) is 2.23. The average Bonchev–Trinajstić information content (AvgIpc) is 2.26. The van der Waals surface area contributed by atoms with Gasteiger partial charge in [-0.15, -0.1) is 0 Å². The van der Waals surface area contributed by atoms with Gasteiger partial charge in [-0.2, -0.15) is 0 Å². The molecule has 2 N–H and O–H groups in total. The van der Waals surface area contributed by atoms with Crippen molar-refractivity contribution in [2.24, 2.45) is 5.92 Å². The van der Waals surface area contributed by atoms with Crippen LogP contribution >= 0.6 is 0 Å². The van der Waals surface area contributed by atoms with Gasteiger partial charge in [-0.25, -0.2) is 0 Å². The number of hydrogen-bond donors (Lipinski definition) is 2. The first-order chi connectivity index (χ1) is 8.08. The SMILES string of the molecule is O=C(O)CC(/C=C/c1ccccc1)CC(=O)O. The van der Waals surface area contributed by atoms with Crippen LogP contribution in [0.4, 0.5) is 0 Å². The Kier molecular flexibility index (Phi) is 4.94. The molecule has 0 fully saturated rings. The van der Waals surface area contributed by atoms with E-state index >= 15 is 0 Å². The topological polar surface area (TPSA) is 74.6 Å². The van der Waals surface area contributed by atoms with E-state index in [1.165, 1.54) is 0 Å². The molecule has 0 spiro atoms. The summed E-state index contributed by atoms with van der Waals surface area (Å²) < 4.78 is 0. The van der Waals surface area contributed by atoms with Crippen molar-refractivity contribution in [3.05, 3.63) is 42.0 Å². The minimum absolute atomic E-state index is 0.171. The van der Waals surface area contributed by atoms with E-state index in [9.17, 15) is 9.59 Å². The number of rotatable bonds is 6. The lowest BCUT2D eigenvalue weighted by atomic mass is 10.00. The van der Waals surface area contributed by atoms with Gasteiger partial charge in [-0.3, -0.25) is 9.59 Å². The highest BCUT2D eigenvalue weighted by atomic mass is 16.4. The summed E-state index contributed by atoms with van der Waals surface area (Å²) >= 11 is 0. The molecule has 0 bridgehead atoms. The fourth-order valence-electron chi connectivity index (χ4n) is 1.47. The maximum Gasteiger partial charge on any atom is 0.303 e. The fourth-order valence-corrected chi connectivity index (χ4v) is 1.47. The van der Waals surface area contributed by atoms with Gasteiger partial charge in [0.15, 0.2) is 0 Å². The van der Waals surface area contributed by atoms with Gasteiger partial charge in [-0.1, -0.05) is 42.5 Å². The van der Waals surface area contributed by atoms with Crippen molar-refractivity contribution in [1.82, 2.24) is 0 Å². The average molecular weight is 234 g/mol. The summed E-state index contributed by atoms with van der Waals surface area (Å²) in [6.07, 6.45) is 3.04. The van der Waals surface area contributed by atoms with Crippen LogP contribution < -0.4 is 0 Å². The smallest absolute Gasteiger partial charge is 0.303 e. The molecule has 90 valence electrons. The van der Waals surface area contributed by atoms with Gasteiger partial charge in [0.25, 0.3) is 0 Å². The zero-order chi connectivity index (χ0) is 12.7. The molecule has 1 aromatic carbocycles. The van der Waals surface area contributed by atoms with Crippen LogP contribution in [0.25, 0.3) is 6.08 Å². The molecule has 0 unspecified atom stereocenters. The van der Waals surface area contributed by atoms with Crippen molar-refractivity contribution < 1.29 is 19.8 Å². The van der Waals surface area contributed by atoms with Crippen molar-refractivity contribution in [2.45, 2.75) is 12.8 Å². The molecule has 0 aliphatic rings. The molecule has 0 saturated heterocycles. The molecule has 0 saturated carbocycles. The molecule has 0 aromatic heterocycles. The summed E-state index contributed by atoms with van der Waals surface area (Å²) in [5.74, 6) is -2.46.